The van der Waals surface area contributed by atoms with E-state index in [-0.39, 0.29) is 12.6 Å². The van der Waals surface area contributed by atoms with Gasteiger partial charge in [-0.1, -0.05) is 18.2 Å². The van der Waals surface area contributed by atoms with Gasteiger partial charge in [0.2, 0.25) is 0 Å². The quantitative estimate of drug-likeness (QED) is 0.582. The van der Waals surface area contributed by atoms with Crippen molar-refractivity contribution in [1.82, 2.24) is 0 Å². The van der Waals surface area contributed by atoms with Gasteiger partial charge in [-0.25, -0.2) is 0 Å². The lowest BCUT2D eigenvalue weighted by molar-refractivity contribution is -0.143. The summed E-state index contributed by atoms with van der Waals surface area (Å²) in [5.74, 6) is 0.463. The van der Waals surface area contributed by atoms with E-state index >= 15 is 0 Å². The Morgan fingerprint density at radius 2 is 2.12 bits per heavy atom. The van der Waals surface area contributed by atoms with E-state index < -0.39 is 0 Å². The lowest BCUT2D eigenvalue weighted by Crippen LogP contribution is -2.07. The monoisotopic (exact) mass is 238 g/mol. The Morgan fingerprint density at radius 3 is 2.82 bits per heavy atom. The van der Waals surface area contributed by atoms with Crippen LogP contribution in [0.4, 0.5) is 0 Å². The zero-order valence-corrected chi connectivity index (χ0v) is 10.0. The van der Waals surface area contributed by atoms with E-state index in [9.17, 15) is 4.79 Å². The van der Waals surface area contributed by atoms with Gasteiger partial charge in [-0.2, -0.15) is 0 Å². The number of benzene rings is 1. The highest BCUT2D eigenvalue weighted by Gasteiger charge is 2.03. The van der Waals surface area contributed by atoms with E-state index in [1.165, 1.54) is 0 Å². The van der Waals surface area contributed by atoms with Crippen molar-refractivity contribution >= 4 is 5.97 Å². The number of ether oxygens (including phenoxy) is 2. The average molecular weight is 238 g/mol. The Balaban J connectivity index is 2.28. The van der Waals surface area contributed by atoms with Crippen molar-refractivity contribution in [3.63, 3.8) is 0 Å². The lowest BCUT2D eigenvalue weighted by atomic mass is 10.2. The summed E-state index contributed by atoms with van der Waals surface area (Å²) < 4.78 is 10.3. The Labute approximate surface area is 101 Å². The van der Waals surface area contributed by atoms with Gasteiger partial charge in [-0.05, 0) is 19.4 Å². The molecule has 0 spiro atoms. The standard InChI is InChI=1S/C13H18O4/c1-2-16-13(15)8-5-9-17-12-7-4-3-6-11(12)10-14/h3-4,6-7,14H,2,5,8-10H2,1H3. The maximum atomic E-state index is 11.1. The summed E-state index contributed by atoms with van der Waals surface area (Å²) in [6.45, 7) is 2.59. The van der Waals surface area contributed by atoms with Crippen molar-refractivity contribution < 1.29 is 19.4 Å². The minimum Gasteiger partial charge on any atom is -0.493 e. The number of aliphatic hydroxyl groups is 1. The van der Waals surface area contributed by atoms with Gasteiger partial charge in [0.25, 0.3) is 0 Å². The van der Waals surface area contributed by atoms with Gasteiger partial charge >= 0.3 is 5.97 Å². The molecular weight excluding hydrogens is 220 g/mol. The average Bonchev–Trinajstić information content (AvgIpc) is 2.35. The first-order valence-electron chi connectivity index (χ1n) is 5.75. The van der Waals surface area contributed by atoms with Crippen LogP contribution in [0.5, 0.6) is 5.75 Å². The summed E-state index contributed by atoms with van der Waals surface area (Å²) in [4.78, 5) is 11.1. The molecule has 1 N–H and O–H groups in total. The van der Waals surface area contributed by atoms with Crippen LogP contribution in [0.3, 0.4) is 0 Å². The van der Waals surface area contributed by atoms with Gasteiger partial charge in [-0.15, -0.1) is 0 Å². The molecule has 0 bridgehead atoms. The van der Waals surface area contributed by atoms with E-state index in [1.54, 1.807) is 19.1 Å². The molecule has 1 aromatic carbocycles. The largest absolute Gasteiger partial charge is 0.493 e. The fraction of sp³-hybridized carbons (Fsp3) is 0.462. The molecular formula is C13H18O4. The minimum atomic E-state index is -0.202. The molecule has 0 saturated heterocycles. The first-order chi connectivity index (χ1) is 8.27. The van der Waals surface area contributed by atoms with Gasteiger partial charge in [0.1, 0.15) is 5.75 Å². The fourth-order valence-electron chi connectivity index (χ4n) is 1.41. The minimum absolute atomic E-state index is 0.0476. The highest BCUT2D eigenvalue weighted by Crippen LogP contribution is 2.17. The molecule has 17 heavy (non-hydrogen) atoms. The Morgan fingerprint density at radius 1 is 1.35 bits per heavy atom. The Bertz CT molecular complexity index is 349. The van der Waals surface area contributed by atoms with Gasteiger partial charge in [0.05, 0.1) is 19.8 Å². The predicted octanol–water partition coefficient (Wildman–Crippen LogP) is 1.90. The zero-order valence-electron chi connectivity index (χ0n) is 10.0. The van der Waals surface area contributed by atoms with Crippen LogP contribution in [0.1, 0.15) is 25.3 Å². The third kappa shape index (κ3) is 4.87. The number of aliphatic hydroxyl groups excluding tert-OH is 1. The summed E-state index contributed by atoms with van der Waals surface area (Å²) in [6.07, 6.45) is 0.966. The molecule has 0 aliphatic carbocycles. The maximum absolute atomic E-state index is 11.1. The molecule has 0 atom stereocenters. The summed E-state index contributed by atoms with van der Waals surface area (Å²) in [5.41, 5.74) is 0.753. The molecule has 1 aromatic rings. The molecule has 0 saturated carbocycles. The molecule has 0 aliphatic rings. The Hall–Kier alpha value is -1.55. The van der Waals surface area contributed by atoms with E-state index in [2.05, 4.69) is 0 Å². The molecule has 0 heterocycles. The number of carbonyl (C=O) groups is 1. The molecule has 0 aromatic heterocycles. The number of hydrogen-bond acceptors (Lipinski definition) is 4. The summed E-state index contributed by atoms with van der Waals surface area (Å²) in [5, 5.41) is 9.08. The first kappa shape index (κ1) is 13.5. The fourth-order valence-corrected chi connectivity index (χ4v) is 1.41. The molecule has 0 unspecified atom stereocenters. The van der Waals surface area contributed by atoms with Crippen LogP contribution in [0.25, 0.3) is 0 Å². The molecule has 94 valence electrons. The maximum Gasteiger partial charge on any atom is 0.305 e. The number of para-hydroxylation sites is 1. The smallest absolute Gasteiger partial charge is 0.305 e. The molecule has 0 fully saturated rings. The number of hydrogen-bond donors (Lipinski definition) is 1. The van der Waals surface area contributed by atoms with Crippen LogP contribution < -0.4 is 4.74 Å². The van der Waals surface area contributed by atoms with Crippen molar-refractivity contribution in [3.8, 4) is 5.75 Å². The normalized spacial score (nSPS) is 10.0. The van der Waals surface area contributed by atoms with Crippen molar-refractivity contribution in [1.29, 1.82) is 0 Å². The topological polar surface area (TPSA) is 55.8 Å². The molecule has 0 radical (unpaired) electrons. The number of carbonyl (C=O) groups excluding carboxylic acids is 1. The number of rotatable bonds is 7. The van der Waals surface area contributed by atoms with Crippen molar-refractivity contribution in [2.75, 3.05) is 13.2 Å². The highest BCUT2D eigenvalue weighted by molar-refractivity contribution is 5.69. The third-order valence-corrected chi connectivity index (χ3v) is 2.23. The summed E-state index contributed by atoms with van der Waals surface area (Å²) in [7, 11) is 0. The summed E-state index contributed by atoms with van der Waals surface area (Å²) in [6, 6.07) is 7.30. The molecule has 1 rings (SSSR count). The van der Waals surface area contributed by atoms with E-state index in [1.807, 2.05) is 12.1 Å². The van der Waals surface area contributed by atoms with Crippen LogP contribution in [-0.4, -0.2) is 24.3 Å². The van der Waals surface area contributed by atoms with E-state index in [4.69, 9.17) is 14.6 Å². The first-order valence-corrected chi connectivity index (χ1v) is 5.75. The van der Waals surface area contributed by atoms with Crippen molar-refractivity contribution in [3.05, 3.63) is 29.8 Å². The van der Waals surface area contributed by atoms with Crippen LogP contribution >= 0.6 is 0 Å². The molecule has 4 nitrogen and oxygen atoms in total. The van der Waals surface area contributed by atoms with Crippen LogP contribution in [0.2, 0.25) is 0 Å². The van der Waals surface area contributed by atoms with E-state index in [0.29, 0.717) is 31.8 Å². The zero-order chi connectivity index (χ0) is 12.5. The van der Waals surface area contributed by atoms with Gasteiger partial charge in [-0.3, -0.25) is 4.79 Å². The van der Waals surface area contributed by atoms with Crippen LogP contribution in [0, 0.1) is 0 Å². The van der Waals surface area contributed by atoms with E-state index in [0.717, 1.165) is 5.56 Å². The summed E-state index contributed by atoms with van der Waals surface area (Å²) >= 11 is 0. The van der Waals surface area contributed by atoms with Crippen molar-refractivity contribution in [2.45, 2.75) is 26.4 Å². The SMILES string of the molecule is CCOC(=O)CCCOc1ccccc1CO. The lowest BCUT2D eigenvalue weighted by Gasteiger charge is -2.09. The predicted molar refractivity (Wildman–Crippen MR) is 63.7 cm³/mol. The van der Waals surface area contributed by atoms with Crippen LogP contribution in [0.15, 0.2) is 24.3 Å². The second-order valence-corrected chi connectivity index (χ2v) is 3.52. The molecule has 4 heteroatoms. The number of esters is 1. The molecule has 0 amide bonds. The Kier molecular flexibility index (Phi) is 6.10. The van der Waals surface area contributed by atoms with Gasteiger partial charge in [0, 0.05) is 12.0 Å². The van der Waals surface area contributed by atoms with Gasteiger partial charge in [0.15, 0.2) is 0 Å². The van der Waals surface area contributed by atoms with Crippen molar-refractivity contribution in [2.24, 2.45) is 0 Å². The second kappa shape index (κ2) is 7.68. The van der Waals surface area contributed by atoms with Crippen LogP contribution in [-0.2, 0) is 16.1 Å². The third-order valence-electron chi connectivity index (χ3n) is 2.23. The van der Waals surface area contributed by atoms with Gasteiger partial charge < -0.3 is 14.6 Å². The second-order valence-electron chi connectivity index (χ2n) is 3.52. The highest BCUT2D eigenvalue weighted by atomic mass is 16.5. The molecule has 0 aliphatic heterocycles.